The van der Waals surface area contributed by atoms with Gasteiger partial charge in [-0.05, 0) is 67.8 Å². The molecule has 0 saturated heterocycles. The second-order valence-corrected chi connectivity index (χ2v) is 28.8. The molecule has 0 amide bonds. The van der Waals surface area contributed by atoms with E-state index in [1.54, 1.807) is 0 Å². The third-order valence-electron chi connectivity index (χ3n) is 10.3. The average molecular weight is 1120 g/mol. The van der Waals surface area contributed by atoms with Crippen LogP contribution in [0.25, 0.3) is 42.6 Å². The quantitative estimate of drug-likeness (QED) is 0.138. The van der Waals surface area contributed by atoms with Crippen molar-refractivity contribution in [2.24, 2.45) is 0 Å². The van der Waals surface area contributed by atoms with Gasteiger partial charge in [0.1, 0.15) is 0 Å². The van der Waals surface area contributed by atoms with E-state index in [0.29, 0.717) is 54.7 Å². The van der Waals surface area contributed by atoms with Crippen molar-refractivity contribution in [2.45, 2.75) is 0 Å². The molecule has 366 valence electrons. The molecule has 9 heterocycles. The van der Waals surface area contributed by atoms with Crippen LogP contribution in [0, 0.1) is 0 Å². The van der Waals surface area contributed by atoms with Crippen LogP contribution in [-0.4, -0.2) is 97.4 Å². The molecule has 0 radical (unpaired) electrons. The SMILES string of the molecule is b1bcccc1.b1ccccc1.c1c[siH]c[siH]c1.c1c[siH]cc[siH]1.c1cc[siH][siH]c1.c1cc[siH]cc1.c1ccc2[siH]cccc2c1.c1ccc2ccccc2c1.c1ccc2ncccc2c1.c1ccc2pcccc2c1. The van der Waals surface area contributed by atoms with E-state index in [-0.39, 0.29) is 0 Å². The van der Waals surface area contributed by atoms with Crippen molar-refractivity contribution in [3.8, 4) is 0 Å². The summed E-state index contributed by atoms with van der Waals surface area (Å²) in [6.45, 7) is 6.00. The maximum atomic E-state index is 4.18. The molecule has 0 aliphatic rings. The Hall–Kier alpha value is -6.16. The summed E-state index contributed by atoms with van der Waals surface area (Å²) in [5.74, 6) is 10.2. The summed E-state index contributed by atoms with van der Waals surface area (Å²) in [6.07, 6.45) is 1.81. The Morgan fingerprint density at radius 2 is 0.789 bits per heavy atom. The van der Waals surface area contributed by atoms with Crippen LogP contribution in [0.15, 0.2) is 328 Å². The van der Waals surface area contributed by atoms with E-state index < -0.39 is 0 Å². The number of aromatic nitrogens is 1. The standard InChI is InChI=1S/C10H8.C9H7N.C9H7P.C9H8Si.C5H5B.C5H6Si.C4H4B2.3C4H6Si2/c1-2-6-10-8-4-3-7-9(10)5-1;3*1-2-6-9-8(4-1)5-3-7-10-9;3*1-2-4-6-5-3-1;1-2-6-4-3-5-1;1-2-5-4-6-3-1;1-2-4-6-5-3-1/h1-8H;2*1-7H;1-7,10H;1-5H;1-6H;1-4H;3*1-6H. The maximum Gasteiger partial charge on any atom is 0.0701 e. The van der Waals surface area contributed by atoms with E-state index in [1.165, 1.54) is 45.2 Å². The number of para-hydroxylation sites is 1. The van der Waals surface area contributed by atoms with E-state index >= 15 is 0 Å². The number of hydrogen-bond donors (Lipinski definition) is 0. The summed E-state index contributed by atoms with van der Waals surface area (Å²) in [5, 5.41) is 10.4. The first kappa shape index (κ1) is 60.7. The van der Waals surface area contributed by atoms with Crippen molar-refractivity contribution >= 4 is 143 Å². The number of rotatable bonds is 0. The van der Waals surface area contributed by atoms with Gasteiger partial charge in [-0.1, -0.05) is 252 Å². The molecule has 0 unspecified atom stereocenters. The van der Waals surface area contributed by atoms with E-state index in [0.717, 1.165) is 22.8 Å². The largest absolute Gasteiger partial charge is 0.256 e. The predicted octanol–water partition coefficient (Wildman–Crippen LogP) is 12.0. The molecule has 76 heavy (non-hydrogen) atoms. The normalized spacial score (nSPS) is 9.00. The molecule has 0 aliphatic heterocycles. The van der Waals surface area contributed by atoms with Crippen LogP contribution in [-0.2, 0) is 0 Å². The molecule has 0 spiro atoms. The molecule has 1 nitrogen and oxygen atoms in total. The van der Waals surface area contributed by atoms with Gasteiger partial charge in [-0.25, -0.2) is 0 Å². The first-order valence-electron chi connectivity index (χ1n) is 25.3. The second-order valence-electron chi connectivity index (χ2n) is 16.0. The smallest absolute Gasteiger partial charge is 0.0701 e. The fourth-order valence-electron chi connectivity index (χ4n) is 6.61. The summed E-state index contributed by atoms with van der Waals surface area (Å²) in [6, 6.07) is 77.1. The zero-order valence-electron chi connectivity index (χ0n) is 43.0. The zero-order valence-corrected chi connectivity index (χ0v) is 53.1. The van der Waals surface area contributed by atoms with Gasteiger partial charge in [0.2, 0.25) is 0 Å². The fourth-order valence-corrected chi connectivity index (χ4v) is 16.0. The minimum atomic E-state index is 0.403. The van der Waals surface area contributed by atoms with Crippen LogP contribution in [0.3, 0.4) is 0 Å². The van der Waals surface area contributed by atoms with Crippen LogP contribution >= 0.6 is 8.19 Å². The topological polar surface area (TPSA) is 12.9 Å². The molecule has 9 aromatic heterocycles. The van der Waals surface area contributed by atoms with E-state index in [2.05, 4.69) is 248 Å². The monoisotopic (exact) mass is 1120 g/mol. The summed E-state index contributed by atoms with van der Waals surface area (Å²) in [5.41, 5.74) is 26.1. The number of benzene rings is 5. The minimum absolute atomic E-state index is 0.403. The Morgan fingerprint density at radius 3 is 1.22 bits per heavy atom. The van der Waals surface area contributed by atoms with E-state index in [4.69, 9.17) is 0 Å². The molecular weight excluding hydrogens is 1060 g/mol. The number of pyridine rings is 1. The average Bonchev–Trinajstić information content (AvgIpc) is 3.55. The van der Waals surface area contributed by atoms with Gasteiger partial charge in [-0.3, -0.25) is 4.98 Å². The van der Waals surface area contributed by atoms with Gasteiger partial charge in [0.25, 0.3) is 0 Å². The number of nitrogens with zero attached hydrogens (tertiary/aromatic N) is 1. The Morgan fingerprint density at radius 1 is 0.316 bits per heavy atom. The minimum Gasteiger partial charge on any atom is -0.256 e. The predicted molar refractivity (Wildman–Crippen MR) is 361 cm³/mol. The first-order valence-corrected chi connectivity index (χ1v) is 38.2. The maximum absolute atomic E-state index is 4.18. The number of hydrogen-bond acceptors (Lipinski definition) is 1. The van der Waals surface area contributed by atoms with Crippen LogP contribution in [0.2, 0.25) is 0 Å². The van der Waals surface area contributed by atoms with Gasteiger partial charge < -0.3 is 0 Å². The first-order chi connectivity index (χ1) is 37.9. The Bertz CT molecular complexity index is 2570. The molecule has 13 heteroatoms. The van der Waals surface area contributed by atoms with Gasteiger partial charge in [0, 0.05) is 71.4 Å². The molecule has 14 aromatic rings. The van der Waals surface area contributed by atoms with Crippen LogP contribution in [0.5, 0.6) is 0 Å². The van der Waals surface area contributed by atoms with Crippen molar-refractivity contribution < 1.29 is 0 Å². The molecule has 0 fully saturated rings. The summed E-state index contributed by atoms with van der Waals surface area (Å²) in [4.78, 5) is 5.70. The summed E-state index contributed by atoms with van der Waals surface area (Å²) >= 11 is 0. The van der Waals surface area contributed by atoms with Crippen molar-refractivity contribution in [1.29, 1.82) is 0 Å². The van der Waals surface area contributed by atoms with Crippen molar-refractivity contribution in [2.75, 3.05) is 0 Å². The van der Waals surface area contributed by atoms with E-state index in [1.807, 2.05) is 105 Å². The Labute approximate surface area is 472 Å². The van der Waals surface area contributed by atoms with Crippen molar-refractivity contribution in [1.82, 2.24) is 4.98 Å². The molecule has 0 N–H and O–H groups in total. The van der Waals surface area contributed by atoms with Gasteiger partial charge in [0.05, 0.1) is 5.52 Å². The van der Waals surface area contributed by atoms with Gasteiger partial charge in [0.15, 0.2) is 0 Å². The Kier molecular flexibility index (Phi) is 34.3. The van der Waals surface area contributed by atoms with Crippen LogP contribution in [0.1, 0.15) is 0 Å². The summed E-state index contributed by atoms with van der Waals surface area (Å²) in [7, 11) is 6.02. The second kappa shape index (κ2) is 43.0. The molecule has 5 aromatic carbocycles. The molecule has 0 bridgehead atoms. The van der Waals surface area contributed by atoms with Crippen LogP contribution in [0.4, 0.5) is 0 Å². The molecule has 0 saturated carbocycles. The number of fused-ring (bicyclic) bond motifs is 4. The van der Waals surface area contributed by atoms with Gasteiger partial charge in [-0.2, -0.15) is 0 Å². The molecule has 0 atom stereocenters. The van der Waals surface area contributed by atoms with Gasteiger partial charge >= 0.3 is 74.7 Å². The van der Waals surface area contributed by atoms with Gasteiger partial charge in [-0.15, -0.1) is 0 Å². The van der Waals surface area contributed by atoms with Crippen molar-refractivity contribution in [3.05, 3.63) is 328 Å². The van der Waals surface area contributed by atoms with E-state index in [9.17, 15) is 0 Å². The third kappa shape index (κ3) is 29.2. The van der Waals surface area contributed by atoms with Crippen molar-refractivity contribution in [3.63, 3.8) is 0 Å². The summed E-state index contributed by atoms with van der Waals surface area (Å²) < 4.78 is 0. The fraction of sp³-hybridized carbons (Fsp3) is 0. The molecular formula is C63H63B3NPSi8. The zero-order chi connectivity index (χ0) is 52.7. The molecule has 0 aliphatic carbocycles. The third-order valence-corrected chi connectivity index (χ3v) is 22.0. The van der Waals surface area contributed by atoms with Crippen LogP contribution < -0.4 is 0 Å². The Balaban J connectivity index is 0.000000157. The molecule has 14 rings (SSSR count).